The fourth-order valence-electron chi connectivity index (χ4n) is 1.22. The molecule has 1 heteroatoms. The first kappa shape index (κ1) is 7.80. The molecule has 1 saturated heterocycles. The smallest absolute Gasteiger partial charge is 0.0926 e. The highest BCUT2D eigenvalue weighted by Crippen LogP contribution is 2.40. The average Bonchev–Trinajstić information content (AvgIpc) is 2.66. The lowest BCUT2D eigenvalue weighted by Crippen LogP contribution is -2.17. The molecule has 0 saturated carbocycles. The summed E-state index contributed by atoms with van der Waals surface area (Å²) in [6, 6.07) is 0. The Kier molecular flexibility index (Phi) is 1.86. The zero-order valence-electron chi connectivity index (χ0n) is 7.05. The highest BCUT2D eigenvalue weighted by atomic mass is 16.6. The molecular weight excluding hydrogens is 124 g/mol. The van der Waals surface area contributed by atoms with E-state index in [4.69, 9.17) is 4.74 Å². The van der Waals surface area contributed by atoms with E-state index in [0.29, 0.717) is 12.2 Å². The molecule has 10 heavy (non-hydrogen) atoms. The Morgan fingerprint density at radius 1 is 1.60 bits per heavy atom. The van der Waals surface area contributed by atoms with Gasteiger partial charge in [0.25, 0.3) is 0 Å². The third-order valence-electron chi connectivity index (χ3n) is 2.24. The van der Waals surface area contributed by atoms with E-state index in [9.17, 15) is 0 Å². The van der Waals surface area contributed by atoms with Crippen molar-refractivity contribution in [3.63, 3.8) is 0 Å². The van der Waals surface area contributed by atoms with Crippen molar-refractivity contribution in [1.29, 1.82) is 0 Å². The van der Waals surface area contributed by atoms with E-state index in [0.717, 1.165) is 6.42 Å². The summed E-state index contributed by atoms with van der Waals surface area (Å²) in [5.41, 5.74) is 0.167. The Morgan fingerprint density at radius 3 is 2.50 bits per heavy atom. The van der Waals surface area contributed by atoms with Gasteiger partial charge < -0.3 is 4.74 Å². The molecule has 1 aliphatic rings. The van der Waals surface area contributed by atoms with Crippen molar-refractivity contribution in [3.8, 4) is 0 Å². The number of rotatable bonds is 3. The molecule has 0 N–H and O–H groups in total. The molecule has 1 nitrogen and oxygen atoms in total. The van der Waals surface area contributed by atoms with Crippen molar-refractivity contribution in [2.24, 2.45) is 5.41 Å². The van der Waals surface area contributed by atoms with Crippen LogP contribution in [0.3, 0.4) is 0 Å². The van der Waals surface area contributed by atoms with E-state index >= 15 is 0 Å². The summed E-state index contributed by atoms with van der Waals surface area (Å²) < 4.78 is 5.45. The van der Waals surface area contributed by atoms with Crippen molar-refractivity contribution in [2.45, 2.75) is 39.4 Å². The standard InChI is InChI=1S/C9H16O/c1-5-7-8(10-7)9(3,4)6-2/h6-8H,2,5H2,1,3-4H3. The summed E-state index contributed by atoms with van der Waals surface area (Å²) in [7, 11) is 0. The maximum Gasteiger partial charge on any atom is 0.0926 e. The summed E-state index contributed by atoms with van der Waals surface area (Å²) in [6.07, 6.45) is 4.03. The van der Waals surface area contributed by atoms with Gasteiger partial charge in [0, 0.05) is 5.41 Å². The van der Waals surface area contributed by atoms with Crippen LogP contribution in [0.5, 0.6) is 0 Å². The van der Waals surface area contributed by atoms with Gasteiger partial charge in [-0.1, -0.05) is 26.8 Å². The average molecular weight is 140 g/mol. The summed E-state index contributed by atoms with van der Waals surface area (Å²) in [6.45, 7) is 10.3. The monoisotopic (exact) mass is 140 g/mol. The molecule has 1 fully saturated rings. The fraction of sp³-hybridized carbons (Fsp3) is 0.778. The van der Waals surface area contributed by atoms with Crippen LogP contribution >= 0.6 is 0 Å². The third kappa shape index (κ3) is 1.24. The molecule has 0 aromatic rings. The molecule has 2 atom stereocenters. The minimum absolute atomic E-state index is 0.167. The summed E-state index contributed by atoms with van der Waals surface area (Å²) in [5, 5.41) is 0. The first-order chi connectivity index (χ1) is 4.61. The summed E-state index contributed by atoms with van der Waals surface area (Å²) in [5.74, 6) is 0. The molecule has 2 unspecified atom stereocenters. The van der Waals surface area contributed by atoms with E-state index in [-0.39, 0.29) is 5.41 Å². The zero-order valence-corrected chi connectivity index (χ0v) is 7.05. The van der Waals surface area contributed by atoms with Crippen LogP contribution in [0.25, 0.3) is 0 Å². The van der Waals surface area contributed by atoms with Crippen molar-refractivity contribution in [3.05, 3.63) is 12.7 Å². The normalized spacial score (nSPS) is 31.9. The van der Waals surface area contributed by atoms with Gasteiger partial charge in [0.05, 0.1) is 12.2 Å². The second kappa shape index (κ2) is 2.39. The molecule has 0 aliphatic carbocycles. The molecule has 0 aromatic carbocycles. The van der Waals surface area contributed by atoms with E-state index < -0.39 is 0 Å². The topological polar surface area (TPSA) is 12.5 Å². The minimum Gasteiger partial charge on any atom is -0.369 e. The van der Waals surface area contributed by atoms with Gasteiger partial charge >= 0.3 is 0 Å². The van der Waals surface area contributed by atoms with Crippen LogP contribution in [0.1, 0.15) is 27.2 Å². The number of epoxide rings is 1. The molecular formula is C9H16O. The number of hydrogen-bond acceptors (Lipinski definition) is 1. The van der Waals surface area contributed by atoms with E-state index in [1.54, 1.807) is 0 Å². The molecule has 1 rings (SSSR count). The van der Waals surface area contributed by atoms with Gasteiger partial charge in [-0.2, -0.15) is 0 Å². The van der Waals surface area contributed by atoms with Gasteiger partial charge in [0.15, 0.2) is 0 Å². The van der Waals surface area contributed by atoms with Gasteiger partial charge in [0.2, 0.25) is 0 Å². The number of hydrogen-bond donors (Lipinski definition) is 0. The van der Waals surface area contributed by atoms with Gasteiger partial charge in [-0.3, -0.25) is 0 Å². The predicted molar refractivity (Wildman–Crippen MR) is 42.9 cm³/mol. The Hall–Kier alpha value is -0.300. The second-order valence-electron chi connectivity index (χ2n) is 3.53. The number of ether oxygens (including phenoxy) is 1. The maximum absolute atomic E-state index is 5.45. The first-order valence-corrected chi connectivity index (χ1v) is 3.91. The first-order valence-electron chi connectivity index (χ1n) is 3.91. The zero-order chi connectivity index (χ0) is 7.78. The molecule has 0 radical (unpaired) electrons. The van der Waals surface area contributed by atoms with Crippen LogP contribution in [-0.2, 0) is 4.74 Å². The molecule has 0 spiro atoms. The lowest BCUT2D eigenvalue weighted by Gasteiger charge is -2.15. The Labute approximate surface area is 63.1 Å². The van der Waals surface area contributed by atoms with Gasteiger partial charge in [-0.25, -0.2) is 0 Å². The van der Waals surface area contributed by atoms with Crippen molar-refractivity contribution in [1.82, 2.24) is 0 Å². The van der Waals surface area contributed by atoms with Gasteiger partial charge in [-0.05, 0) is 6.42 Å². The Morgan fingerprint density at radius 2 is 2.20 bits per heavy atom. The summed E-state index contributed by atoms with van der Waals surface area (Å²) >= 11 is 0. The van der Waals surface area contributed by atoms with Crippen LogP contribution in [-0.4, -0.2) is 12.2 Å². The third-order valence-corrected chi connectivity index (χ3v) is 2.24. The highest BCUT2D eigenvalue weighted by molar-refractivity contribution is 5.03. The van der Waals surface area contributed by atoms with Gasteiger partial charge in [-0.15, -0.1) is 6.58 Å². The van der Waals surface area contributed by atoms with E-state index in [2.05, 4.69) is 27.4 Å². The summed E-state index contributed by atoms with van der Waals surface area (Å²) in [4.78, 5) is 0. The van der Waals surface area contributed by atoms with Crippen LogP contribution in [0.2, 0.25) is 0 Å². The van der Waals surface area contributed by atoms with Crippen LogP contribution in [0.4, 0.5) is 0 Å². The quantitative estimate of drug-likeness (QED) is 0.433. The van der Waals surface area contributed by atoms with Gasteiger partial charge in [0.1, 0.15) is 0 Å². The molecule has 0 bridgehead atoms. The van der Waals surface area contributed by atoms with Crippen molar-refractivity contribution >= 4 is 0 Å². The van der Waals surface area contributed by atoms with E-state index in [1.165, 1.54) is 0 Å². The molecule has 1 heterocycles. The van der Waals surface area contributed by atoms with Crippen LogP contribution in [0, 0.1) is 5.41 Å². The maximum atomic E-state index is 5.45. The van der Waals surface area contributed by atoms with Crippen LogP contribution < -0.4 is 0 Å². The molecule has 58 valence electrons. The van der Waals surface area contributed by atoms with E-state index in [1.807, 2.05) is 6.08 Å². The SMILES string of the molecule is C=CC(C)(C)C1OC1CC. The largest absolute Gasteiger partial charge is 0.369 e. The highest BCUT2D eigenvalue weighted by Gasteiger charge is 2.46. The molecule has 0 amide bonds. The fourth-order valence-corrected chi connectivity index (χ4v) is 1.22. The lowest BCUT2D eigenvalue weighted by atomic mass is 9.87. The Balaban J connectivity index is 2.45. The van der Waals surface area contributed by atoms with Crippen molar-refractivity contribution < 1.29 is 4.74 Å². The Bertz CT molecular complexity index is 138. The van der Waals surface area contributed by atoms with Crippen LogP contribution in [0.15, 0.2) is 12.7 Å². The van der Waals surface area contributed by atoms with Crippen molar-refractivity contribution in [2.75, 3.05) is 0 Å². The molecule has 1 aliphatic heterocycles. The second-order valence-corrected chi connectivity index (χ2v) is 3.53. The predicted octanol–water partition coefficient (Wildman–Crippen LogP) is 2.38. The minimum atomic E-state index is 0.167. The lowest BCUT2D eigenvalue weighted by molar-refractivity contribution is 0.287. The molecule has 0 aromatic heterocycles.